The second kappa shape index (κ2) is 6.42. The van der Waals surface area contributed by atoms with E-state index in [-0.39, 0.29) is 6.17 Å². The van der Waals surface area contributed by atoms with E-state index in [2.05, 4.69) is 63.7 Å². The van der Waals surface area contributed by atoms with Crippen LogP contribution in [0, 0.1) is 0 Å². The van der Waals surface area contributed by atoms with E-state index in [0.717, 1.165) is 18.7 Å². The first kappa shape index (κ1) is 14.3. The molecule has 1 N–H and O–H groups in total. The van der Waals surface area contributed by atoms with Crippen molar-refractivity contribution in [3.8, 4) is 5.75 Å². The first-order chi connectivity index (χ1) is 11.4. The molecule has 0 spiro atoms. The Morgan fingerprint density at radius 3 is 3.00 bits per heavy atom. The van der Waals surface area contributed by atoms with Gasteiger partial charge in [0.2, 0.25) is 0 Å². The van der Waals surface area contributed by atoms with Crippen LogP contribution in [0.4, 0.5) is 0 Å². The lowest BCUT2D eigenvalue weighted by atomic mass is 10.1. The van der Waals surface area contributed by atoms with Crippen LogP contribution < -0.4 is 10.1 Å². The summed E-state index contributed by atoms with van der Waals surface area (Å²) in [5.41, 5.74) is 0. The molecule has 0 aromatic heterocycles. The van der Waals surface area contributed by atoms with E-state index in [1.54, 1.807) is 6.34 Å². The van der Waals surface area contributed by atoms with Crippen molar-refractivity contribution in [1.29, 1.82) is 0 Å². The summed E-state index contributed by atoms with van der Waals surface area (Å²) in [5.74, 6) is 0.972. The summed E-state index contributed by atoms with van der Waals surface area (Å²) < 4.78 is 6.19. The van der Waals surface area contributed by atoms with E-state index in [9.17, 15) is 0 Å². The third-order valence-corrected chi connectivity index (χ3v) is 4.61. The second-order valence-corrected chi connectivity index (χ2v) is 6.04. The molecule has 2 atom stereocenters. The molecule has 1 saturated heterocycles. The van der Waals surface area contributed by atoms with Crippen molar-refractivity contribution >= 4 is 17.1 Å². The predicted octanol–water partition coefficient (Wildman–Crippen LogP) is 3.15. The molecule has 0 bridgehead atoms. The Balaban J connectivity index is 1.48. The van der Waals surface area contributed by atoms with Crippen LogP contribution in [0.5, 0.6) is 5.75 Å². The number of aliphatic imine (C=N–C) groups is 1. The third kappa shape index (κ3) is 2.94. The highest BCUT2D eigenvalue weighted by Gasteiger charge is 2.30. The lowest BCUT2D eigenvalue weighted by Crippen LogP contribution is -2.41. The van der Waals surface area contributed by atoms with Crippen molar-refractivity contribution in [1.82, 2.24) is 10.2 Å². The van der Waals surface area contributed by atoms with Crippen LogP contribution in [-0.4, -0.2) is 36.6 Å². The topological polar surface area (TPSA) is 36.9 Å². The molecule has 2 aromatic rings. The van der Waals surface area contributed by atoms with Gasteiger partial charge in [0.25, 0.3) is 0 Å². The Morgan fingerprint density at radius 2 is 2.09 bits per heavy atom. The quantitative estimate of drug-likeness (QED) is 0.943. The van der Waals surface area contributed by atoms with Gasteiger partial charge in [-0.15, -0.1) is 0 Å². The van der Waals surface area contributed by atoms with Crippen LogP contribution in [-0.2, 0) is 0 Å². The highest BCUT2D eigenvalue weighted by atomic mass is 16.5. The lowest BCUT2D eigenvalue weighted by molar-refractivity contribution is 0.151. The zero-order valence-electron chi connectivity index (χ0n) is 13.1. The SMILES string of the molecule is C1=CC(N2CCC[C@@H]2COc2cccc3ccccc23)N=CN1. The summed E-state index contributed by atoms with van der Waals surface area (Å²) in [6, 6.07) is 15.0. The van der Waals surface area contributed by atoms with Crippen molar-refractivity contribution in [3.05, 3.63) is 54.7 Å². The minimum absolute atomic E-state index is 0.139. The average molecular weight is 307 g/mol. The molecule has 1 unspecified atom stereocenters. The van der Waals surface area contributed by atoms with Crippen molar-refractivity contribution in [3.63, 3.8) is 0 Å². The summed E-state index contributed by atoms with van der Waals surface area (Å²) in [5, 5.41) is 5.40. The molecule has 2 aliphatic heterocycles. The van der Waals surface area contributed by atoms with Crippen LogP contribution in [0.25, 0.3) is 10.8 Å². The Bertz CT molecular complexity index is 723. The fourth-order valence-corrected chi connectivity index (χ4v) is 3.44. The van der Waals surface area contributed by atoms with Gasteiger partial charge in [-0.25, -0.2) is 0 Å². The number of nitrogens with zero attached hydrogens (tertiary/aromatic N) is 2. The highest BCUT2D eigenvalue weighted by molar-refractivity contribution is 5.88. The maximum Gasteiger partial charge on any atom is 0.127 e. The Hall–Kier alpha value is -2.33. The monoisotopic (exact) mass is 307 g/mol. The zero-order chi connectivity index (χ0) is 15.5. The molecular formula is C19H21N3O. The Labute approximate surface area is 136 Å². The molecule has 4 nitrogen and oxygen atoms in total. The molecule has 0 saturated carbocycles. The minimum Gasteiger partial charge on any atom is -0.491 e. The van der Waals surface area contributed by atoms with Crippen molar-refractivity contribution < 1.29 is 4.74 Å². The summed E-state index contributed by atoms with van der Waals surface area (Å²) in [6.07, 6.45) is 8.34. The van der Waals surface area contributed by atoms with Gasteiger partial charge in [0, 0.05) is 24.2 Å². The molecule has 4 heteroatoms. The maximum absolute atomic E-state index is 6.19. The van der Waals surface area contributed by atoms with E-state index >= 15 is 0 Å². The van der Waals surface area contributed by atoms with E-state index in [1.807, 2.05) is 6.20 Å². The molecule has 118 valence electrons. The molecule has 4 rings (SSSR count). The van der Waals surface area contributed by atoms with Gasteiger partial charge in [-0.2, -0.15) is 0 Å². The van der Waals surface area contributed by atoms with Crippen LogP contribution >= 0.6 is 0 Å². The van der Waals surface area contributed by atoms with Crippen LogP contribution in [0.2, 0.25) is 0 Å². The maximum atomic E-state index is 6.19. The number of benzene rings is 2. The molecular weight excluding hydrogens is 286 g/mol. The van der Waals surface area contributed by atoms with Crippen molar-refractivity contribution in [2.45, 2.75) is 25.0 Å². The Morgan fingerprint density at radius 1 is 1.17 bits per heavy atom. The molecule has 1 fully saturated rings. The van der Waals surface area contributed by atoms with Gasteiger partial charge in [-0.05, 0) is 30.4 Å². The average Bonchev–Trinajstić information content (AvgIpc) is 3.09. The lowest BCUT2D eigenvalue weighted by Gasteiger charge is -2.29. The Kier molecular flexibility index (Phi) is 3.99. The molecule has 0 aliphatic carbocycles. The predicted molar refractivity (Wildman–Crippen MR) is 93.7 cm³/mol. The molecule has 0 amide bonds. The van der Waals surface area contributed by atoms with E-state index < -0.39 is 0 Å². The first-order valence-electron chi connectivity index (χ1n) is 8.22. The summed E-state index contributed by atoms with van der Waals surface area (Å²) in [6.45, 7) is 1.79. The largest absolute Gasteiger partial charge is 0.491 e. The van der Waals surface area contributed by atoms with Crippen molar-refractivity contribution in [2.75, 3.05) is 13.2 Å². The number of rotatable bonds is 4. The van der Waals surface area contributed by atoms with Crippen LogP contribution in [0.1, 0.15) is 12.8 Å². The van der Waals surface area contributed by atoms with Gasteiger partial charge >= 0.3 is 0 Å². The number of ether oxygens (including phenoxy) is 1. The van der Waals surface area contributed by atoms with Crippen LogP contribution in [0.3, 0.4) is 0 Å². The van der Waals surface area contributed by atoms with Gasteiger partial charge in [-0.1, -0.05) is 36.4 Å². The fraction of sp³-hybridized carbons (Fsp3) is 0.316. The van der Waals surface area contributed by atoms with Gasteiger partial charge < -0.3 is 10.1 Å². The van der Waals surface area contributed by atoms with Crippen LogP contribution in [0.15, 0.2) is 59.7 Å². The van der Waals surface area contributed by atoms with E-state index in [0.29, 0.717) is 12.6 Å². The van der Waals surface area contributed by atoms with E-state index in [1.165, 1.54) is 17.2 Å². The second-order valence-electron chi connectivity index (χ2n) is 6.04. The zero-order valence-corrected chi connectivity index (χ0v) is 13.1. The summed E-state index contributed by atoms with van der Waals surface area (Å²) in [7, 11) is 0. The van der Waals surface area contributed by atoms with Crippen molar-refractivity contribution in [2.24, 2.45) is 4.99 Å². The standard InChI is InChI=1S/C19H21N3O/c1-2-8-17-15(5-1)6-3-9-18(17)23-13-16-7-4-12-22(16)19-10-11-20-14-21-19/h1-3,5-6,8-11,14,16,19H,4,7,12-13H2,(H,20,21)/t16-,19?/m1/s1. The number of fused-ring (bicyclic) bond motifs is 1. The number of nitrogens with one attached hydrogen (secondary N) is 1. The smallest absolute Gasteiger partial charge is 0.127 e. The summed E-state index contributed by atoms with van der Waals surface area (Å²) in [4.78, 5) is 6.94. The normalized spacial score (nSPS) is 24.0. The fourth-order valence-electron chi connectivity index (χ4n) is 3.44. The summed E-state index contributed by atoms with van der Waals surface area (Å²) >= 11 is 0. The molecule has 0 radical (unpaired) electrons. The molecule has 2 aromatic carbocycles. The number of likely N-dealkylation sites (tertiary alicyclic amines) is 1. The number of hydrogen-bond donors (Lipinski definition) is 1. The van der Waals surface area contributed by atoms with Gasteiger partial charge in [0.15, 0.2) is 0 Å². The molecule has 23 heavy (non-hydrogen) atoms. The first-order valence-corrected chi connectivity index (χ1v) is 8.22. The van der Waals surface area contributed by atoms with Gasteiger partial charge in [-0.3, -0.25) is 9.89 Å². The van der Waals surface area contributed by atoms with E-state index in [4.69, 9.17) is 4.74 Å². The molecule has 2 heterocycles. The molecule has 2 aliphatic rings. The van der Waals surface area contributed by atoms with Gasteiger partial charge in [0.05, 0.1) is 6.34 Å². The third-order valence-electron chi connectivity index (χ3n) is 4.61. The highest BCUT2D eigenvalue weighted by Crippen LogP contribution is 2.27. The minimum atomic E-state index is 0.139. The van der Waals surface area contributed by atoms with Gasteiger partial charge in [0.1, 0.15) is 18.5 Å². The number of hydrogen-bond acceptors (Lipinski definition) is 4.